The van der Waals surface area contributed by atoms with Gasteiger partial charge in [-0.2, -0.15) is 0 Å². The monoisotopic (exact) mass is 424 g/mol. The van der Waals surface area contributed by atoms with E-state index in [0.717, 1.165) is 11.1 Å². The zero-order valence-electron chi connectivity index (χ0n) is 16.2. The van der Waals surface area contributed by atoms with Crippen molar-refractivity contribution in [1.29, 1.82) is 0 Å². The highest BCUT2D eigenvalue weighted by Crippen LogP contribution is 2.27. The quantitative estimate of drug-likeness (QED) is 0.525. The molecule has 2 heterocycles. The van der Waals surface area contributed by atoms with E-state index in [1.165, 1.54) is 18.0 Å². The fraction of sp³-hybridized carbons (Fsp3) is 0.143. The number of nitrogens with zero attached hydrogens (tertiary/aromatic N) is 3. The minimum Gasteiger partial charge on any atom is -0.495 e. The van der Waals surface area contributed by atoms with Crippen LogP contribution in [-0.2, 0) is 11.3 Å². The number of hydrogen-bond acceptors (Lipinski definition) is 6. The molecule has 0 spiro atoms. The highest BCUT2D eigenvalue weighted by molar-refractivity contribution is 6.32. The van der Waals surface area contributed by atoms with Crippen molar-refractivity contribution in [1.82, 2.24) is 14.7 Å². The van der Waals surface area contributed by atoms with E-state index >= 15 is 0 Å². The van der Waals surface area contributed by atoms with E-state index in [0.29, 0.717) is 22.2 Å². The van der Waals surface area contributed by atoms with Crippen molar-refractivity contribution in [2.75, 3.05) is 12.4 Å². The number of hydrogen-bond donors (Lipinski definition) is 1. The molecule has 0 bridgehead atoms. The minimum atomic E-state index is -0.417. The van der Waals surface area contributed by atoms with E-state index in [4.69, 9.17) is 20.9 Å². The Morgan fingerprint density at radius 1 is 1.23 bits per heavy atom. The number of methoxy groups -OCH3 is 1. The summed E-state index contributed by atoms with van der Waals surface area (Å²) in [6.45, 7) is 1.73. The zero-order valence-corrected chi connectivity index (χ0v) is 16.9. The number of nitrogens with one attached hydrogen (secondary N) is 1. The smallest absolute Gasteiger partial charge is 0.267 e. The number of fused-ring (bicyclic) bond motifs is 1. The number of rotatable bonds is 5. The Balaban J connectivity index is 1.61. The Hall–Kier alpha value is -3.65. The number of benzene rings is 2. The molecule has 8 nitrogen and oxygen atoms in total. The van der Waals surface area contributed by atoms with E-state index in [1.54, 1.807) is 18.2 Å². The Bertz CT molecular complexity index is 1290. The van der Waals surface area contributed by atoms with Crippen molar-refractivity contribution in [2.24, 2.45) is 0 Å². The molecule has 0 aliphatic carbocycles. The van der Waals surface area contributed by atoms with Crippen LogP contribution in [-0.4, -0.2) is 27.7 Å². The lowest BCUT2D eigenvalue weighted by molar-refractivity contribution is -0.116. The summed E-state index contributed by atoms with van der Waals surface area (Å²) in [6, 6.07) is 12.4. The summed E-state index contributed by atoms with van der Waals surface area (Å²) in [5.41, 5.74) is 2.39. The molecule has 0 aliphatic rings. The van der Waals surface area contributed by atoms with Crippen molar-refractivity contribution in [3.05, 3.63) is 69.7 Å². The maximum absolute atomic E-state index is 13.0. The molecule has 0 saturated carbocycles. The molecule has 30 heavy (non-hydrogen) atoms. The summed E-state index contributed by atoms with van der Waals surface area (Å²) in [4.78, 5) is 29.6. The average molecular weight is 425 g/mol. The van der Waals surface area contributed by atoms with Crippen LogP contribution in [0.5, 0.6) is 5.75 Å². The summed E-state index contributed by atoms with van der Waals surface area (Å²) in [6.07, 6.45) is 1.26. The van der Waals surface area contributed by atoms with Crippen LogP contribution in [0.2, 0.25) is 5.02 Å². The predicted molar refractivity (Wildman–Crippen MR) is 113 cm³/mol. The summed E-state index contributed by atoms with van der Waals surface area (Å²) in [5.74, 6) is 0.0875. The third-order valence-corrected chi connectivity index (χ3v) is 4.83. The predicted octanol–water partition coefficient (Wildman–Crippen LogP) is 3.66. The van der Waals surface area contributed by atoms with Crippen molar-refractivity contribution in [2.45, 2.75) is 13.5 Å². The molecule has 1 N–H and O–H groups in total. The lowest BCUT2D eigenvalue weighted by atomic mass is 10.1. The first-order valence-electron chi connectivity index (χ1n) is 9.01. The van der Waals surface area contributed by atoms with Gasteiger partial charge in [-0.3, -0.25) is 14.2 Å². The van der Waals surface area contributed by atoms with Crippen LogP contribution in [0.3, 0.4) is 0 Å². The van der Waals surface area contributed by atoms with Gasteiger partial charge in [-0.1, -0.05) is 46.6 Å². The first-order chi connectivity index (χ1) is 14.5. The van der Waals surface area contributed by atoms with E-state index in [-0.39, 0.29) is 17.6 Å². The van der Waals surface area contributed by atoms with Crippen LogP contribution in [0, 0.1) is 6.92 Å². The van der Waals surface area contributed by atoms with Gasteiger partial charge in [0.25, 0.3) is 11.3 Å². The molecule has 0 atom stereocenters. The summed E-state index contributed by atoms with van der Waals surface area (Å²) in [5, 5.41) is 7.28. The molecule has 152 valence electrons. The van der Waals surface area contributed by atoms with Gasteiger partial charge in [-0.05, 0) is 25.1 Å². The molecule has 0 aliphatic heterocycles. The molecule has 0 fully saturated rings. The fourth-order valence-electron chi connectivity index (χ4n) is 3.00. The van der Waals surface area contributed by atoms with Gasteiger partial charge in [0.2, 0.25) is 5.91 Å². The first kappa shape index (κ1) is 19.7. The van der Waals surface area contributed by atoms with Crippen molar-refractivity contribution in [3.8, 4) is 17.0 Å². The average Bonchev–Trinajstić information content (AvgIpc) is 3.16. The Morgan fingerprint density at radius 2 is 2.00 bits per heavy atom. The van der Waals surface area contributed by atoms with Gasteiger partial charge in [0.15, 0.2) is 0 Å². The lowest BCUT2D eigenvalue weighted by Gasteiger charge is -2.09. The van der Waals surface area contributed by atoms with Crippen LogP contribution in [0.15, 0.2) is 58.1 Å². The third kappa shape index (κ3) is 3.77. The standard InChI is InChI=1S/C21H17ClN4O4/c1-12-3-5-13(6-4-12)19-18-20(30-25-19)23-11-26(21(18)28)10-17(27)24-14-7-8-16(29-2)15(22)9-14/h3-9,11H,10H2,1-2H3,(H,24,27). The third-order valence-electron chi connectivity index (χ3n) is 4.54. The van der Waals surface area contributed by atoms with E-state index in [9.17, 15) is 9.59 Å². The number of amides is 1. The maximum atomic E-state index is 13.0. The normalized spacial score (nSPS) is 10.9. The van der Waals surface area contributed by atoms with Gasteiger partial charge < -0.3 is 14.6 Å². The molecule has 4 rings (SSSR count). The van der Waals surface area contributed by atoms with Gasteiger partial charge in [0, 0.05) is 11.3 Å². The molecule has 9 heteroatoms. The number of aryl methyl sites for hydroxylation is 1. The number of carbonyl (C=O) groups is 1. The second-order valence-electron chi connectivity index (χ2n) is 6.65. The van der Waals surface area contributed by atoms with Crippen molar-refractivity contribution in [3.63, 3.8) is 0 Å². The van der Waals surface area contributed by atoms with Crippen LogP contribution in [0.4, 0.5) is 5.69 Å². The molecular formula is C21H17ClN4O4. The van der Waals surface area contributed by atoms with Gasteiger partial charge >= 0.3 is 0 Å². The van der Waals surface area contributed by atoms with Crippen molar-refractivity contribution < 1.29 is 14.1 Å². The summed E-state index contributed by atoms with van der Waals surface area (Å²) < 4.78 is 11.5. The van der Waals surface area contributed by atoms with Crippen LogP contribution >= 0.6 is 11.6 Å². The Kier molecular flexibility index (Phi) is 5.24. The molecular weight excluding hydrogens is 408 g/mol. The Labute approximate surface area is 176 Å². The first-order valence-corrected chi connectivity index (χ1v) is 9.39. The lowest BCUT2D eigenvalue weighted by Crippen LogP contribution is -2.27. The Morgan fingerprint density at radius 3 is 2.70 bits per heavy atom. The molecule has 1 amide bonds. The van der Waals surface area contributed by atoms with E-state index in [2.05, 4.69) is 15.5 Å². The van der Waals surface area contributed by atoms with Crippen LogP contribution in [0.1, 0.15) is 5.56 Å². The van der Waals surface area contributed by atoms with Gasteiger partial charge in [-0.15, -0.1) is 0 Å². The number of carbonyl (C=O) groups excluding carboxylic acids is 1. The molecule has 0 unspecified atom stereocenters. The summed E-state index contributed by atoms with van der Waals surface area (Å²) in [7, 11) is 1.50. The molecule has 2 aromatic carbocycles. The SMILES string of the molecule is COc1ccc(NC(=O)Cn2cnc3onc(-c4ccc(C)cc4)c3c2=O)cc1Cl. The molecule has 2 aromatic heterocycles. The second kappa shape index (κ2) is 8.00. The van der Waals surface area contributed by atoms with E-state index < -0.39 is 11.5 Å². The van der Waals surface area contributed by atoms with Crippen LogP contribution < -0.4 is 15.6 Å². The summed E-state index contributed by atoms with van der Waals surface area (Å²) >= 11 is 6.08. The highest BCUT2D eigenvalue weighted by atomic mass is 35.5. The second-order valence-corrected chi connectivity index (χ2v) is 7.06. The maximum Gasteiger partial charge on any atom is 0.267 e. The zero-order chi connectivity index (χ0) is 21.3. The van der Waals surface area contributed by atoms with Gasteiger partial charge in [0.05, 0.1) is 12.1 Å². The van der Waals surface area contributed by atoms with Gasteiger partial charge in [0.1, 0.15) is 29.7 Å². The number of ether oxygens (including phenoxy) is 1. The number of aromatic nitrogens is 3. The number of anilines is 1. The van der Waals surface area contributed by atoms with Crippen molar-refractivity contribution >= 4 is 34.3 Å². The molecule has 0 radical (unpaired) electrons. The molecule has 4 aromatic rings. The fourth-order valence-corrected chi connectivity index (χ4v) is 3.26. The van der Waals surface area contributed by atoms with E-state index in [1.807, 2.05) is 31.2 Å². The highest BCUT2D eigenvalue weighted by Gasteiger charge is 2.18. The van der Waals surface area contributed by atoms with Gasteiger partial charge in [-0.25, -0.2) is 4.98 Å². The van der Waals surface area contributed by atoms with Crippen LogP contribution in [0.25, 0.3) is 22.4 Å². The topological polar surface area (TPSA) is 99.2 Å². The minimum absolute atomic E-state index is 0.120. The largest absolute Gasteiger partial charge is 0.495 e. The molecule has 0 saturated heterocycles. The number of halogens is 1.